The first-order valence-corrected chi connectivity index (χ1v) is 8.27. The van der Waals surface area contributed by atoms with Gasteiger partial charge in [-0.05, 0) is 36.2 Å². The minimum Gasteiger partial charge on any atom is -0.493 e. The fourth-order valence-corrected chi connectivity index (χ4v) is 2.58. The molecule has 0 spiro atoms. The van der Waals surface area contributed by atoms with Gasteiger partial charge >= 0.3 is 0 Å². The smallest absolute Gasteiger partial charge is 0.162 e. The minimum atomic E-state index is 0. The molecule has 0 heterocycles. The van der Waals surface area contributed by atoms with Gasteiger partial charge in [0.1, 0.15) is 6.61 Å². The predicted molar refractivity (Wildman–Crippen MR) is 101 cm³/mol. The molecule has 1 N–H and O–H groups in total. The van der Waals surface area contributed by atoms with Crippen molar-refractivity contribution in [1.29, 1.82) is 0 Å². The molecular weight excluding hydrogens is 378 g/mol. The molecule has 3 nitrogen and oxygen atoms in total. The van der Waals surface area contributed by atoms with Crippen LogP contribution in [0.25, 0.3) is 0 Å². The van der Waals surface area contributed by atoms with E-state index in [0.717, 1.165) is 46.6 Å². The highest BCUT2D eigenvalue weighted by Crippen LogP contribution is 2.34. The zero-order chi connectivity index (χ0) is 15.8. The zero-order valence-electron chi connectivity index (χ0n) is 13.5. The maximum atomic E-state index is 5.90. The first-order valence-electron chi connectivity index (χ1n) is 7.48. The van der Waals surface area contributed by atoms with E-state index in [0.29, 0.717) is 6.61 Å². The molecule has 0 radical (unpaired) electrons. The van der Waals surface area contributed by atoms with Crippen LogP contribution >= 0.6 is 28.3 Å². The van der Waals surface area contributed by atoms with Crippen molar-refractivity contribution in [3.05, 3.63) is 58.1 Å². The summed E-state index contributed by atoms with van der Waals surface area (Å²) >= 11 is 3.61. The van der Waals surface area contributed by atoms with E-state index >= 15 is 0 Å². The highest BCUT2D eigenvalue weighted by atomic mass is 79.9. The van der Waals surface area contributed by atoms with Crippen LogP contribution < -0.4 is 14.8 Å². The molecule has 0 aliphatic heterocycles. The van der Waals surface area contributed by atoms with Crippen LogP contribution in [-0.2, 0) is 13.2 Å². The fourth-order valence-electron chi connectivity index (χ4n) is 2.12. The maximum absolute atomic E-state index is 5.90. The molecular formula is C18H23BrClNO2. The highest BCUT2D eigenvalue weighted by Gasteiger charge is 2.10. The molecule has 0 aliphatic carbocycles. The Morgan fingerprint density at radius 3 is 2.48 bits per heavy atom. The number of benzene rings is 2. The van der Waals surface area contributed by atoms with E-state index in [1.807, 2.05) is 42.5 Å². The van der Waals surface area contributed by atoms with Crippen LogP contribution in [0, 0.1) is 0 Å². The average Bonchev–Trinajstić information content (AvgIpc) is 2.55. The molecule has 0 saturated heterocycles. The van der Waals surface area contributed by atoms with Crippen molar-refractivity contribution in [3.63, 3.8) is 0 Å². The molecule has 2 aromatic rings. The quantitative estimate of drug-likeness (QED) is 0.635. The summed E-state index contributed by atoms with van der Waals surface area (Å²) in [7, 11) is 1.67. The van der Waals surface area contributed by atoms with E-state index in [1.54, 1.807) is 7.11 Å². The van der Waals surface area contributed by atoms with E-state index in [9.17, 15) is 0 Å². The second-order valence-corrected chi connectivity index (χ2v) is 5.90. The molecule has 0 amide bonds. The molecule has 0 atom stereocenters. The van der Waals surface area contributed by atoms with Crippen LogP contribution in [0.5, 0.6) is 11.5 Å². The van der Waals surface area contributed by atoms with Gasteiger partial charge in [-0.3, -0.25) is 0 Å². The first-order chi connectivity index (χ1) is 10.7. The average molecular weight is 401 g/mol. The number of hydrogen-bond acceptors (Lipinski definition) is 3. The van der Waals surface area contributed by atoms with Crippen LogP contribution in [0.4, 0.5) is 0 Å². The number of hydrogen-bond donors (Lipinski definition) is 1. The number of rotatable bonds is 8. The largest absolute Gasteiger partial charge is 0.493 e. The third-order valence-corrected chi connectivity index (χ3v) is 4.05. The summed E-state index contributed by atoms with van der Waals surface area (Å²) in [6, 6.07) is 14.1. The van der Waals surface area contributed by atoms with Gasteiger partial charge in [0, 0.05) is 11.0 Å². The number of halogens is 2. The Balaban J connectivity index is 0.00000264. The summed E-state index contributed by atoms with van der Waals surface area (Å²) < 4.78 is 12.4. The molecule has 0 bridgehead atoms. The molecule has 2 aromatic carbocycles. The number of ether oxygens (including phenoxy) is 2. The lowest BCUT2D eigenvalue weighted by molar-refractivity contribution is 0.284. The highest BCUT2D eigenvalue weighted by molar-refractivity contribution is 9.10. The van der Waals surface area contributed by atoms with Crippen LogP contribution in [0.2, 0.25) is 0 Å². The second kappa shape index (κ2) is 10.5. The summed E-state index contributed by atoms with van der Waals surface area (Å²) in [5.74, 6) is 1.50. The van der Waals surface area contributed by atoms with Crippen LogP contribution in [0.1, 0.15) is 24.5 Å². The molecule has 0 aromatic heterocycles. The van der Waals surface area contributed by atoms with Gasteiger partial charge in [0.2, 0.25) is 0 Å². The van der Waals surface area contributed by atoms with Crippen LogP contribution in [0.15, 0.2) is 46.9 Å². The maximum Gasteiger partial charge on any atom is 0.162 e. The summed E-state index contributed by atoms with van der Waals surface area (Å²) in [4.78, 5) is 0. The van der Waals surface area contributed by atoms with Gasteiger partial charge in [0.05, 0.1) is 7.11 Å². The monoisotopic (exact) mass is 399 g/mol. The van der Waals surface area contributed by atoms with Crippen molar-refractivity contribution >= 4 is 28.3 Å². The first kappa shape index (κ1) is 19.8. The van der Waals surface area contributed by atoms with Crippen molar-refractivity contribution in [2.75, 3.05) is 13.7 Å². The third-order valence-electron chi connectivity index (χ3n) is 3.31. The van der Waals surface area contributed by atoms with Crippen molar-refractivity contribution in [1.82, 2.24) is 5.32 Å². The predicted octanol–water partition coefficient (Wildman–Crippen LogP) is 4.96. The van der Waals surface area contributed by atoms with Gasteiger partial charge in [-0.15, -0.1) is 12.4 Å². The SMILES string of the molecule is CCCNCc1cc(OC)c(OCc2ccccc2)cc1Br.Cl. The van der Waals surface area contributed by atoms with Gasteiger partial charge in [-0.1, -0.05) is 53.2 Å². The second-order valence-electron chi connectivity index (χ2n) is 5.05. The van der Waals surface area contributed by atoms with Crippen molar-refractivity contribution < 1.29 is 9.47 Å². The summed E-state index contributed by atoms with van der Waals surface area (Å²) in [5, 5.41) is 3.39. The standard InChI is InChI=1S/C18H22BrNO2.ClH/c1-3-9-20-12-15-10-17(21-2)18(11-16(15)19)22-13-14-7-5-4-6-8-14;/h4-8,10-11,20H,3,9,12-13H2,1-2H3;1H. The summed E-state index contributed by atoms with van der Waals surface area (Å²) in [6.45, 7) is 4.49. The van der Waals surface area contributed by atoms with Gasteiger partial charge in [0.25, 0.3) is 0 Å². The Bertz CT molecular complexity index is 593. The Labute approximate surface area is 152 Å². The molecule has 23 heavy (non-hydrogen) atoms. The topological polar surface area (TPSA) is 30.5 Å². The molecule has 0 saturated carbocycles. The molecule has 126 valence electrons. The Hall–Kier alpha value is -1.23. The number of methoxy groups -OCH3 is 1. The van der Waals surface area contributed by atoms with E-state index < -0.39 is 0 Å². The molecule has 2 rings (SSSR count). The normalized spacial score (nSPS) is 10.0. The van der Waals surface area contributed by atoms with Crippen molar-refractivity contribution in [2.24, 2.45) is 0 Å². The van der Waals surface area contributed by atoms with E-state index in [1.165, 1.54) is 0 Å². The third kappa shape index (κ3) is 6.05. The summed E-state index contributed by atoms with van der Waals surface area (Å²) in [5.41, 5.74) is 2.30. The summed E-state index contributed by atoms with van der Waals surface area (Å²) in [6.07, 6.45) is 1.12. The van der Waals surface area contributed by atoms with E-state index in [-0.39, 0.29) is 12.4 Å². The zero-order valence-corrected chi connectivity index (χ0v) is 15.9. The molecule has 0 unspecified atom stereocenters. The molecule has 0 aliphatic rings. The lowest BCUT2D eigenvalue weighted by Gasteiger charge is -2.14. The molecule has 5 heteroatoms. The number of nitrogens with one attached hydrogen (secondary N) is 1. The Morgan fingerprint density at radius 1 is 1.09 bits per heavy atom. The fraction of sp³-hybridized carbons (Fsp3) is 0.333. The van der Waals surface area contributed by atoms with Gasteiger partial charge in [-0.2, -0.15) is 0 Å². The van der Waals surface area contributed by atoms with Gasteiger partial charge in [0.15, 0.2) is 11.5 Å². The van der Waals surface area contributed by atoms with Crippen molar-refractivity contribution in [3.8, 4) is 11.5 Å². The van der Waals surface area contributed by atoms with Crippen molar-refractivity contribution in [2.45, 2.75) is 26.5 Å². The lowest BCUT2D eigenvalue weighted by atomic mass is 10.2. The van der Waals surface area contributed by atoms with Crippen LogP contribution in [-0.4, -0.2) is 13.7 Å². The Morgan fingerprint density at radius 2 is 1.83 bits per heavy atom. The Kier molecular flexibility index (Phi) is 9.07. The van der Waals surface area contributed by atoms with E-state index in [2.05, 4.69) is 28.2 Å². The van der Waals surface area contributed by atoms with Gasteiger partial charge < -0.3 is 14.8 Å². The lowest BCUT2D eigenvalue weighted by Crippen LogP contribution is -2.14. The van der Waals surface area contributed by atoms with Gasteiger partial charge in [-0.25, -0.2) is 0 Å². The van der Waals surface area contributed by atoms with Crippen LogP contribution in [0.3, 0.4) is 0 Å². The minimum absolute atomic E-state index is 0. The molecule has 0 fully saturated rings. The van der Waals surface area contributed by atoms with E-state index in [4.69, 9.17) is 9.47 Å².